The van der Waals surface area contributed by atoms with Gasteiger partial charge in [-0.1, -0.05) is 0 Å². The Balaban J connectivity index is 2.97. The van der Waals surface area contributed by atoms with Gasteiger partial charge in [-0.15, -0.1) is 0 Å². The van der Waals surface area contributed by atoms with Crippen molar-refractivity contribution in [3.05, 3.63) is 11.3 Å². The topological polar surface area (TPSA) is 27.1 Å². The molecule has 0 saturated carbocycles. The van der Waals surface area contributed by atoms with Crippen LogP contribution < -0.4 is 4.74 Å². The van der Waals surface area contributed by atoms with Gasteiger partial charge in [0.05, 0.1) is 5.69 Å². The molecule has 5 heteroatoms. The fourth-order valence-corrected chi connectivity index (χ4v) is 0.992. The first-order valence-corrected chi connectivity index (χ1v) is 3.47. The maximum Gasteiger partial charge on any atom is 0.388 e. The van der Waals surface area contributed by atoms with Gasteiger partial charge in [-0.05, 0) is 13.8 Å². The number of alkyl halides is 2. The molecule has 0 bridgehead atoms. The van der Waals surface area contributed by atoms with Crippen LogP contribution in [0.15, 0.2) is 0 Å². The van der Waals surface area contributed by atoms with Gasteiger partial charge in [-0.3, -0.25) is 0 Å². The number of hydrogen-bond donors (Lipinski definition) is 0. The number of ether oxygens (including phenoxy) is 1. The molecule has 3 nitrogen and oxygen atoms in total. The summed E-state index contributed by atoms with van der Waals surface area (Å²) in [6.07, 6.45) is 0. The van der Waals surface area contributed by atoms with Gasteiger partial charge in [-0.25, -0.2) is 4.68 Å². The largest absolute Gasteiger partial charge is 0.417 e. The molecule has 0 spiro atoms. The molecule has 0 aliphatic rings. The summed E-state index contributed by atoms with van der Waals surface area (Å²) in [5, 5.41) is 3.92. The van der Waals surface area contributed by atoms with Crippen molar-refractivity contribution in [3.8, 4) is 5.88 Å². The minimum absolute atomic E-state index is 0.127. The lowest BCUT2D eigenvalue weighted by Gasteiger charge is -2.04. The second-order valence-corrected chi connectivity index (χ2v) is 2.52. The summed E-state index contributed by atoms with van der Waals surface area (Å²) in [6, 6.07) is 0. The molecule has 1 heterocycles. The third-order valence-electron chi connectivity index (χ3n) is 1.66. The van der Waals surface area contributed by atoms with E-state index >= 15 is 0 Å². The van der Waals surface area contributed by atoms with Crippen LogP contribution >= 0.6 is 0 Å². The maximum atomic E-state index is 11.8. The highest BCUT2D eigenvalue weighted by molar-refractivity contribution is 5.28. The molecule has 0 amide bonds. The highest BCUT2D eigenvalue weighted by Gasteiger charge is 2.14. The van der Waals surface area contributed by atoms with Crippen molar-refractivity contribution < 1.29 is 13.5 Å². The predicted octanol–water partition coefficient (Wildman–Crippen LogP) is 1.64. The van der Waals surface area contributed by atoms with Gasteiger partial charge in [0.25, 0.3) is 0 Å². The fourth-order valence-electron chi connectivity index (χ4n) is 0.992. The van der Waals surface area contributed by atoms with Gasteiger partial charge >= 0.3 is 6.61 Å². The lowest BCUT2D eigenvalue weighted by Crippen LogP contribution is -2.06. The SMILES string of the molecule is Cc1nn(C)c(OC(F)F)c1C. The molecule has 1 aromatic rings. The molecule has 1 rings (SSSR count). The van der Waals surface area contributed by atoms with Crippen molar-refractivity contribution in [2.75, 3.05) is 0 Å². The summed E-state index contributed by atoms with van der Waals surface area (Å²) in [5.41, 5.74) is 1.35. The zero-order valence-electron chi connectivity index (χ0n) is 7.14. The molecule has 1 aromatic heterocycles. The van der Waals surface area contributed by atoms with Crippen LogP contribution in [0.25, 0.3) is 0 Å². The monoisotopic (exact) mass is 176 g/mol. The Morgan fingerprint density at radius 2 is 2.00 bits per heavy atom. The molecule has 0 aromatic carbocycles. The van der Waals surface area contributed by atoms with E-state index in [1.165, 1.54) is 4.68 Å². The van der Waals surface area contributed by atoms with Crippen LogP contribution in [0, 0.1) is 13.8 Å². The molecular weight excluding hydrogens is 166 g/mol. The molecule has 12 heavy (non-hydrogen) atoms. The van der Waals surface area contributed by atoms with Crippen molar-refractivity contribution in [2.24, 2.45) is 7.05 Å². The van der Waals surface area contributed by atoms with Crippen LogP contribution in [0.5, 0.6) is 5.88 Å². The molecule has 0 atom stereocenters. The van der Waals surface area contributed by atoms with E-state index in [1.807, 2.05) is 0 Å². The summed E-state index contributed by atoms with van der Waals surface area (Å²) in [5.74, 6) is 0.127. The second kappa shape index (κ2) is 3.08. The smallest absolute Gasteiger partial charge is 0.388 e. The van der Waals surface area contributed by atoms with E-state index in [-0.39, 0.29) is 5.88 Å². The van der Waals surface area contributed by atoms with Crippen molar-refractivity contribution >= 4 is 0 Å². The lowest BCUT2D eigenvalue weighted by atomic mass is 10.3. The predicted molar refractivity (Wildman–Crippen MR) is 39.3 cm³/mol. The summed E-state index contributed by atoms with van der Waals surface area (Å²) < 4.78 is 29.2. The van der Waals surface area contributed by atoms with E-state index in [2.05, 4.69) is 9.84 Å². The van der Waals surface area contributed by atoms with E-state index in [9.17, 15) is 8.78 Å². The van der Waals surface area contributed by atoms with E-state index < -0.39 is 6.61 Å². The van der Waals surface area contributed by atoms with Crippen LogP contribution in [0.1, 0.15) is 11.3 Å². The number of nitrogens with zero attached hydrogens (tertiary/aromatic N) is 2. The fraction of sp³-hybridized carbons (Fsp3) is 0.571. The molecule has 0 radical (unpaired) electrons. The van der Waals surface area contributed by atoms with Gasteiger partial charge in [0.2, 0.25) is 5.88 Å². The number of halogens is 2. The van der Waals surface area contributed by atoms with E-state index in [4.69, 9.17) is 0 Å². The zero-order valence-corrected chi connectivity index (χ0v) is 7.14. The average molecular weight is 176 g/mol. The third-order valence-corrected chi connectivity index (χ3v) is 1.66. The van der Waals surface area contributed by atoms with Crippen molar-refractivity contribution in [1.29, 1.82) is 0 Å². The van der Waals surface area contributed by atoms with Gasteiger partial charge in [0.1, 0.15) is 0 Å². The Morgan fingerprint density at radius 3 is 2.33 bits per heavy atom. The summed E-state index contributed by atoms with van der Waals surface area (Å²) in [4.78, 5) is 0. The number of hydrogen-bond acceptors (Lipinski definition) is 2. The van der Waals surface area contributed by atoms with E-state index in [0.29, 0.717) is 11.3 Å². The molecule has 0 fully saturated rings. The van der Waals surface area contributed by atoms with Crippen LogP contribution in [-0.2, 0) is 7.05 Å². The Hall–Kier alpha value is -1.13. The Kier molecular flexibility index (Phi) is 2.30. The van der Waals surface area contributed by atoms with Crippen LogP contribution in [0.2, 0.25) is 0 Å². The van der Waals surface area contributed by atoms with Crippen molar-refractivity contribution in [1.82, 2.24) is 9.78 Å². The Labute approximate surface area is 68.9 Å². The molecule has 0 unspecified atom stereocenters. The molecule has 0 aliphatic heterocycles. The van der Waals surface area contributed by atoms with E-state index in [1.54, 1.807) is 20.9 Å². The first kappa shape index (κ1) is 8.96. The third kappa shape index (κ3) is 1.54. The first-order chi connectivity index (χ1) is 5.52. The molecule has 0 aliphatic carbocycles. The quantitative estimate of drug-likeness (QED) is 0.684. The normalized spacial score (nSPS) is 10.8. The van der Waals surface area contributed by atoms with Crippen LogP contribution in [0.4, 0.5) is 8.78 Å². The number of rotatable bonds is 2. The van der Waals surface area contributed by atoms with Gasteiger partial charge in [0.15, 0.2) is 0 Å². The highest BCUT2D eigenvalue weighted by atomic mass is 19.3. The highest BCUT2D eigenvalue weighted by Crippen LogP contribution is 2.21. The minimum atomic E-state index is -2.79. The maximum absolute atomic E-state index is 11.8. The van der Waals surface area contributed by atoms with Gasteiger partial charge < -0.3 is 4.74 Å². The minimum Gasteiger partial charge on any atom is -0.417 e. The van der Waals surface area contributed by atoms with Crippen LogP contribution in [0.3, 0.4) is 0 Å². The second-order valence-electron chi connectivity index (χ2n) is 2.52. The van der Waals surface area contributed by atoms with Gasteiger partial charge in [-0.2, -0.15) is 13.9 Å². The number of aryl methyl sites for hydroxylation is 2. The average Bonchev–Trinajstić information content (AvgIpc) is 2.16. The van der Waals surface area contributed by atoms with Crippen molar-refractivity contribution in [3.63, 3.8) is 0 Å². The summed E-state index contributed by atoms with van der Waals surface area (Å²) in [6.45, 7) is 0.645. The molecular formula is C7H10F2N2O. The van der Waals surface area contributed by atoms with Crippen molar-refractivity contribution in [2.45, 2.75) is 20.5 Å². The molecule has 0 saturated heterocycles. The Morgan fingerprint density at radius 1 is 1.42 bits per heavy atom. The standard InChI is InChI=1S/C7H10F2N2O/c1-4-5(2)10-11(3)6(4)12-7(8)9/h7H,1-3H3. The first-order valence-electron chi connectivity index (χ1n) is 3.47. The molecule has 0 N–H and O–H groups in total. The van der Waals surface area contributed by atoms with Gasteiger partial charge in [0, 0.05) is 12.6 Å². The molecule has 68 valence electrons. The van der Waals surface area contributed by atoms with Crippen LogP contribution in [-0.4, -0.2) is 16.4 Å². The zero-order chi connectivity index (χ0) is 9.30. The summed E-state index contributed by atoms with van der Waals surface area (Å²) >= 11 is 0. The van der Waals surface area contributed by atoms with E-state index in [0.717, 1.165) is 0 Å². The Bertz CT molecular complexity index is 283. The lowest BCUT2D eigenvalue weighted by molar-refractivity contribution is -0.0557. The number of aromatic nitrogens is 2. The summed E-state index contributed by atoms with van der Waals surface area (Å²) in [7, 11) is 1.57.